The van der Waals surface area contributed by atoms with Crippen molar-refractivity contribution in [2.75, 3.05) is 18.5 Å². The number of hydrogen-bond acceptors (Lipinski definition) is 3. The van der Waals surface area contributed by atoms with Crippen LogP contribution >= 0.6 is 0 Å². The maximum absolute atomic E-state index is 4.40. The zero-order valence-electron chi connectivity index (χ0n) is 12.2. The molecule has 0 fully saturated rings. The van der Waals surface area contributed by atoms with E-state index in [9.17, 15) is 0 Å². The van der Waals surface area contributed by atoms with Crippen LogP contribution in [-0.2, 0) is 19.4 Å². The average Bonchev–Trinajstić information content (AvgIpc) is 2.95. The SMILES string of the molecule is CCc1ccc(N(C)CC2Cc3nc[nH]c3CN2)cc1. The average molecular weight is 270 g/mol. The van der Waals surface area contributed by atoms with Gasteiger partial charge in [0.2, 0.25) is 0 Å². The van der Waals surface area contributed by atoms with Crippen molar-refractivity contribution in [1.82, 2.24) is 15.3 Å². The largest absolute Gasteiger partial charge is 0.373 e. The Hall–Kier alpha value is -1.81. The molecule has 4 heteroatoms. The lowest BCUT2D eigenvalue weighted by atomic mass is 10.0. The smallest absolute Gasteiger partial charge is 0.0925 e. The van der Waals surface area contributed by atoms with E-state index in [1.165, 1.54) is 22.6 Å². The number of aryl methyl sites for hydroxylation is 1. The van der Waals surface area contributed by atoms with Gasteiger partial charge < -0.3 is 15.2 Å². The van der Waals surface area contributed by atoms with Crippen molar-refractivity contribution in [3.05, 3.63) is 47.5 Å². The number of benzene rings is 1. The Labute approximate surface area is 120 Å². The van der Waals surface area contributed by atoms with E-state index >= 15 is 0 Å². The molecule has 0 bridgehead atoms. The van der Waals surface area contributed by atoms with Crippen molar-refractivity contribution in [2.45, 2.75) is 32.4 Å². The summed E-state index contributed by atoms with van der Waals surface area (Å²) in [5.74, 6) is 0. The predicted octanol–water partition coefficient (Wildman–Crippen LogP) is 2.12. The van der Waals surface area contributed by atoms with Crippen LogP contribution in [0.1, 0.15) is 23.9 Å². The molecule has 2 N–H and O–H groups in total. The van der Waals surface area contributed by atoms with Crippen LogP contribution < -0.4 is 10.2 Å². The number of rotatable bonds is 4. The lowest BCUT2D eigenvalue weighted by Crippen LogP contribution is -2.43. The zero-order chi connectivity index (χ0) is 13.9. The molecule has 1 aromatic heterocycles. The number of fused-ring (bicyclic) bond motifs is 1. The Morgan fingerprint density at radius 1 is 1.30 bits per heavy atom. The highest BCUT2D eigenvalue weighted by molar-refractivity contribution is 5.47. The highest BCUT2D eigenvalue weighted by Gasteiger charge is 2.21. The molecule has 0 saturated carbocycles. The van der Waals surface area contributed by atoms with Crippen LogP contribution in [-0.4, -0.2) is 29.6 Å². The Morgan fingerprint density at radius 2 is 2.10 bits per heavy atom. The van der Waals surface area contributed by atoms with Gasteiger partial charge in [0.15, 0.2) is 0 Å². The van der Waals surface area contributed by atoms with E-state index in [1.807, 2.05) is 0 Å². The first-order valence-electron chi connectivity index (χ1n) is 7.31. The third-order valence-corrected chi connectivity index (χ3v) is 4.09. The van der Waals surface area contributed by atoms with E-state index in [-0.39, 0.29) is 0 Å². The van der Waals surface area contributed by atoms with Gasteiger partial charge in [-0.05, 0) is 24.1 Å². The fraction of sp³-hybridized carbons (Fsp3) is 0.438. The summed E-state index contributed by atoms with van der Waals surface area (Å²) in [5, 5.41) is 3.57. The molecule has 20 heavy (non-hydrogen) atoms. The summed E-state index contributed by atoms with van der Waals surface area (Å²) in [6, 6.07) is 9.31. The second-order valence-electron chi connectivity index (χ2n) is 5.51. The predicted molar refractivity (Wildman–Crippen MR) is 82.0 cm³/mol. The number of imidazole rings is 1. The highest BCUT2D eigenvalue weighted by atomic mass is 15.1. The molecular weight excluding hydrogens is 248 g/mol. The molecular formula is C16H22N4. The third kappa shape index (κ3) is 2.70. The van der Waals surface area contributed by atoms with Crippen LogP contribution in [0.2, 0.25) is 0 Å². The van der Waals surface area contributed by atoms with Crippen molar-refractivity contribution in [3.63, 3.8) is 0 Å². The Bertz CT molecular complexity index is 558. The molecule has 0 aliphatic carbocycles. The Kier molecular flexibility index (Phi) is 3.74. The lowest BCUT2D eigenvalue weighted by Gasteiger charge is -2.29. The number of hydrogen-bond donors (Lipinski definition) is 2. The lowest BCUT2D eigenvalue weighted by molar-refractivity contribution is 0.472. The van der Waals surface area contributed by atoms with E-state index < -0.39 is 0 Å². The Balaban J connectivity index is 1.63. The standard InChI is InChI=1S/C16H22N4/c1-3-12-4-6-14(7-5-12)20(2)10-13-8-15-16(9-17-13)19-11-18-15/h4-7,11,13,17H,3,8-10H2,1-2H3,(H,18,19). The molecule has 0 saturated heterocycles. The van der Waals surface area contributed by atoms with Crippen LogP contribution in [0.25, 0.3) is 0 Å². The first kappa shape index (κ1) is 13.2. The van der Waals surface area contributed by atoms with Crippen molar-refractivity contribution in [1.29, 1.82) is 0 Å². The normalized spacial score (nSPS) is 17.8. The van der Waals surface area contributed by atoms with Gasteiger partial charge in [-0.25, -0.2) is 4.98 Å². The van der Waals surface area contributed by atoms with Gasteiger partial charge in [0.25, 0.3) is 0 Å². The molecule has 1 aromatic carbocycles. The minimum atomic E-state index is 0.460. The summed E-state index contributed by atoms with van der Waals surface area (Å²) in [7, 11) is 2.16. The monoisotopic (exact) mass is 270 g/mol. The highest BCUT2D eigenvalue weighted by Crippen LogP contribution is 2.17. The molecule has 106 valence electrons. The van der Waals surface area contributed by atoms with Crippen molar-refractivity contribution >= 4 is 5.69 Å². The van der Waals surface area contributed by atoms with Crippen molar-refractivity contribution in [3.8, 4) is 0 Å². The quantitative estimate of drug-likeness (QED) is 0.894. The van der Waals surface area contributed by atoms with Gasteiger partial charge in [-0.1, -0.05) is 19.1 Å². The Morgan fingerprint density at radius 3 is 2.85 bits per heavy atom. The van der Waals surface area contributed by atoms with Crippen LogP contribution in [0.5, 0.6) is 0 Å². The van der Waals surface area contributed by atoms with Crippen LogP contribution in [0.4, 0.5) is 5.69 Å². The summed E-state index contributed by atoms with van der Waals surface area (Å²) in [4.78, 5) is 9.90. The minimum absolute atomic E-state index is 0.460. The first-order chi connectivity index (χ1) is 9.76. The van der Waals surface area contributed by atoms with Gasteiger partial charge in [-0.2, -0.15) is 0 Å². The van der Waals surface area contributed by atoms with Gasteiger partial charge in [0.1, 0.15) is 0 Å². The molecule has 1 aliphatic heterocycles. The fourth-order valence-corrected chi connectivity index (χ4v) is 2.78. The topological polar surface area (TPSA) is 44.0 Å². The third-order valence-electron chi connectivity index (χ3n) is 4.09. The number of anilines is 1. The van der Waals surface area contributed by atoms with Gasteiger partial charge in [0.05, 0.1) is 17.7 Å². The van der Waals surface area contributed by atoms with Gasteiger partial charge in [-0.15, -0.1) is 0 Å². The summed E-state index contributed by atoms with van der Waals surface area (Å²) in [6.45, 7) is 4.08. The van der Waals surface area contributed by atoms with E-state index in [1.54, 1.807) is 6.33 Å². The van der Waals surface area contributed by atoms with E-state index in [0.29, 0.717) is 6.04 Å². The van der Waals surface area contributed by atoms with E-state index in [4.69, 9.17) is 0 Å². The number of nitrogens with one attached hydrogen (secondary N) is 2. The summed E-state index contributed by atoms with van der Waals surface area (Å²) >= 11 is 0. The maximum Gasteiger partial charge on any atom is 0.0925 e. The first-order valence-corrected chi connectivity index (χ1v) is 7.31. The number of likely N-dealkylation sites (N-methyl/N-ethyl adjacent to an activating group) is 1. The molecule has 2 heterocycles. The van der Waals surface area contributed by atoms with Crippen molar-refractivity contribution < 1.29 is 0 Å². The van der Waals surface area contributed by atoms with Crippen LogP contribution in [0.3, 0.4) is 0 Å². The molecule has 0 spiro atoms. The number of aromatic nitrogens is 2. The molecule has 0 amide bonds. The van der Waals surface area contributed by atoms with E-state index in [0.717, 1.165) is 25.9 Å². The number of aromatic amines is 1. The number of H-pyrrole nitrogens is 1. The van der Waals surface area contributed by atoms with Gasteiger partial charge in [0, 0.05) is 38.3 Å². The van der Waals surface area contributed by atoms with Crippen LogP contribution in [0.15, 0.2) is 30.6 Å². The number of nitrogens with zero attached hydrogens (tertiary/aromatic N) is 2. The van der Waals surface area contributed by atoms with Gasteiger partial charge in [-0.3, -0.25) is 0 Å². The molecule has 3 rings (SSSR count). The zero-order valence-corrected chi connectivity index (χ0v) is 12.2. The summed E-state index contributed by atoms with van der Waals surface area (Å²) in [6.07, 6.45) is 3.88. The minimum Gasteiger partial charge on any atom is -0.373 e. The molecule has 0 radical (unpaired) electrons. The molecule has 4 nitrogen and oxygen atoms in total. The molecule has 2 aromatic rings. The van der Waals surface area contributed by atoms with Crippen LogP contribution in [0, 0.1) is 0 Å². The van der Waals surface area contributed by atoms with Crippen molar-refractivity contribution in [2.24, 2.45) is 0 Å². The molecule has 1 unspecified atom stereocenters. The van der Waals surface area contributed by atoms with E-state index in [2.05, 4.69) is 58.4 Å². The maximum atomic E-state index is 4.40. The second kappa shape index (κ2) is 5.67. The molecule has 1 aliphatic rings. The second-order valence-corrected chi connectivity index (χ2v) is 5.51. The molecule has 1 atom stereocenters. The summed E-state index contributed by atoms with van der Waals surface area (Å²) in [5.41, 5.74) is 5.11. The van der Waals surface area contributed by atoms with Gasteiger partial charge >= 0.3 is 0 Å². The fourth-order valence-electron chi connectivity index (χ4n) is 2.78. The summed E-state index contributed by atoms with van der Waals surface area (Å²) < 4.78 is 0.